The lowest BCUT2D eigenvalue weighted by molar-refractivity contribution is -0.319. The van der Waals surface area contributed by atoms with Gasteiger partial charge in [-0.05, 0) is 93.1 Å². The van der Waals surface area contributed by atoms with E-state index in [1.54, 1.807) is 66.7 Å². The second-order valence-electron chi connectivity index (χ2n) is 20.4. The second kappa shape index (κ2) is 22.7. The van der Waals surface area contributed by atoms with Gasteiger partial charge in [-0.3, -0.25) is 19.8 Å². The fourth-order valence-electron chi connectivity index (χ4n) is 10.5. The van der Waals surface area contributed by atoms with Crippen LogP contribution in [0.5, 0.6) is 0 Å². The van der Waals surface area contributed by atoms with Crippen LogP contribution in [0.25, 0.3) is 11.0 Å². The first-order valence-electron chi connectivity index (χ1n) is 24.2. The minimum atomic E-state index is -2.03. The van der Waals surface area contributed by atoms with Crippen molar-refractivity contribution in [3.05, 3.63) is 29.6 Å². The van der Waals surface area contributed by atoms with Crippen LogP contribution >= 0.6 is 0 Å². The molecule has 0 aliphatic carbocycles. The molecule has 1 aromatic carbocycles. The maximum Gasteiger partial charge on any atom is 0.426 e. The van der Waals surface area contributed by atoms with Crippen LogP contribution in [0.2, 0.25) is 0 Å². The Morgan fingerprint density at radius 2 is 1.57 bits per heavy atom. The van der Waals surface area contributed by atoms with E-state index in [1.165, 1.54) is 28.1 Å². The Bertz CT molecular complexity index is 2090. The predicted octanol–water partition coefficient (Wildman–Crippen LogP) is 3.96. The number of imidazole rings is 1. The van der Waals surface area contributed by atoms with E-state index in [1.807, 2.05) is 32.8 Å². The first kappa shape index (κ1) is 56.1. The molecule has 3 fully saturated rings. The van der Waals surface area contributed by atoms with Crippen LogP contribution in [-0.4, -0.2) is 167 Å². The number of aryl methyl sites for hydroxylation is 1. The number of nitrogens with zero attached hydrogens (tertiary/aromatic N) is 2. The number of carbonyl (C=O) groups excluding carboxylic acids is 4. The highest BCUT2D eigenvalue weighted by molar-refractivity contribution is 5.97. The number of aliphatic hydroxyl groups is 3. The number of aromatic nitrogens is 2. The van der Waals surface area contributed by atoms with Crippen molar-refractivity contribution >= 4 is 34.8 Å². The minimum Gasteiger partial charge on any atom is -0.459 e. The maximum absolute atomic E-state index is 14.5. The average molecular weight is 978 g/mol. The van der Waals surface area contributed by atoms with Crippen molar-refractivity contribution in [1.29, 1.82) is 0 Å². The number of amides is 2. The van der Waals surface area contributed by atoms with E-state index in [4.69, 9.17) is 37.9 Å². The van der Waals surface area contributed by atoms with Gasteiger partial charge in [0.15, 0.2) is 18.7 Å². The van der Waals surface area contributed by atoms with Crippen molar-refractivity contribution in [2.24, 2.45) is 23.7 Å². The molecule has 20 nitrogen and oxygen atoms in total. The van der Waals surface area contributed by atoms with E-state index in [0.29, 0.717) is 23.9 Å². The molecule has 1 aromatic heterocycles. The van der Waals surface area contributed by atoms with Crippen molar-refractivity contribution in [3.8, 4) is 0 Å². The molecule has 20 heteroatoms. The number of nitrogens with one attached hydrogen (secondary N) is 3. The number of methoxy groups -OCH3 is 2. The van der Waals surface area contributed by atoms with Crippen LogP contribution in [0.1, 0.15) is 118 Å². The number of ketones is 1. The number of hydrogen-bond acceptors (Lipinski definition) is 17. The number of cyclic esters (lactones) is 1. The molecule has 69 heavy (non-hydrogen) atoms. The fraction of sp³-hybridized carbons (Fsp3) is 0.776. The lowest BCUT2D eigenvalue weighted by Crippen LogP contribution is -2.62. The number of fused-ring (bicyclic) bond motifs is 1. The standard InChI is InChI=1S/C49H79N5O15/c1-16-34-49(11,61)40(57)26(5)37(55)24(3)22-47(9,62-14)41(68-45-38(56)33(54(12)13)20-25(4)64-45)27(6)39(28(7)44(59)66-34)67-36-23-48(10,63-15)42(29(8)65-36)69-46(60)53-52-43(58)30-18-19-31-32(21-30)51-35(17-2)50-31/h18-19,21,24-29,33-34,36,38-42,45,56-57,61H,16-17,20,22-23H2,1-15H3,(H,50,51)(H,52,58)(H,53,60)/t24-,25-,26+,27+,28-,29+,33+,34-,36+,38-,39+,40-,41-,42+,45+,47-,48-,49-/m1/s1. The highest BCUT2D eigenvalue weighted by atomic mass is 16.7. The Hall–Kier alpha value is -3.83. The minimum absolute atomic E-state index is 0.0332. The normalized spacial score (nSPS) is 39.7. The number of likely N-dealkylation sites (N-methyl/N-ethyl adjacent to an activating group) is 1. The van der Waals surface area contributed by atoms with E-state index < -0.39 is 114 Å². The summed E-state index contributed by atoms with van der Waals surface area (Å²) in [5.74, 6) is -4.72. The SMILES string of the molecule is CCc1nc2ccc(C(=O)NNC(=O)O[C@H]3[C@H](C)O[C@@H](O[C@H]4[C@H](C)[C@@H](O[C@@H]5O[C@H](C)C[C@H](N(C)C)[C@H]5O)[C@](C)(OC)C[C@@H](C)C(=O)[C@H](C)[C@@H](O)[C@](C)(O)[C@@H](CC)OC(=O)[C@@H]4C)C[C@@]3(C)OC)cc2[nH]1. The molecule has 390 valence electrons. The first-order chi connectivity index (χ1) is 32.2. The number of esters is 1. The summed E-state index contributed by atoms with van der Waals surface area (Å²) in [6.07, 6.45) is -10.3. The van der Waals surface area contributed by atoms with Gasteiger partial charge in [-0.2, -0.15) is 0 Å². The molecule has 18 atom stereocenters. The van der Waals surface area contributed by atoms with E-state index in [2.05, 4.69) is 20.8 Å². The predicted molar refractivity (Wildman–Crippen MR) is 251 cm³/mol. The Morgan fingerprint density at radius 3 is 2.17 bits per heavy atom. The number of hydrogen-bond donors (Lipinski definition) is 6. The largest absolute Gasteiger partial charge is 0.459 e. The van der Waals surface area contributed by atoms with E-state index >= 15 is 0 Å². The Kier molecular flexibility index (Phi) is 18.5. The van der Waals surface area contributed by atoms with Gasteiger partial charge in [-0.1, -0.05) is 34.6 Å². The van der Waals surface area contributed by atoms with Crippen LogP contribution in [0.15, 0.2) is 18.2 Å². The quantitative estimate of drug-likeness (QED) is 0.138. The van der Waals surface area contributed by atoms with Crippen LogP contribution < -0.4 is 10.9 Å². The zero-order valence-electron chi connectivity index (χ0n) is 43.1. The molecule has 3 aliphatic rings. The summed E-state index contributed by atoms with van der Waals surface area (Å²) < 4.78 is 50.8. The lowest BCUT2D eigenvalue weighted by Gasteiger charge is -2.50. The van der Waals surface area contributed by atoms with Crippen LogP contribution in [-0.2, 0) is 53.9 Å². The summed E-state index contributed by atoms with van der Waals surface area (Å²) in [7, 11) is 6.65. The Balaban J connectivity index is 1.46. The van der Waals surface area contributed by atoms with E-state index in [-0.39, 0.29) is 42.8 Å². The average Bonchev–Trinajstić information content (AvgIpc) is 3.74. The first-order valence-corrected chi connectivity index (χ1v) is 24.2. The number of benzene rings is 1. The summed E-state index contributed by atoms with van der Waals surface area (Å²) in [6, 6.07) is 4.59. The zero-order chi connectivity index (χ0) is 51.5. The highest BCUT2D eigenvalue weighted by Gasteiger charge is 2.55. The second-order valence-corrected chi connectivity index (χ2v) is 20.4. The van der Waals surface area contributed by atoms with Gasteiger partial charge in [-0.25, -0.2) is 15.2 Å². The highest BCUT2D eigenvalue weighted by Crippen LogP contribution is 2.42. The number of carbonyl (C=O) groups is 4. The molecular weight excluding hydrogens is 899 g/mol. The number of ether oxygens (including phenoxy) is 8. The monoisotopic (exact) mass is 978 g/mol. The molecule has 0 spiro atoms. The van der Waals surface area contributed by atoms with Gasteiger partial charge in [0.05, 0.1) is 53.1 Å². The number of aliphatic hydroxyl groups excluding tert-OH is 2. The van der Waals surface area contributed by atoms with Gasteiger partial charge in [0.2, 0.25) is 0 Å². The van der Waals surface area contributed by atoms with Crippen molar-refractivity contribution in [3.63, 3.8) is 0 Å². The topological polar surface area (TPSA) is 259 Å². The van der Waals surface area contributed by atoms with Gasteiger partial charge < -0.3 is 63.1 Å². The van der Waals surface area contributed by atoms with Gasteiger partial charge in [-0.15, -0.1) is 0 Å². The molecule has 0 bridgehead atoms. The van der Waals surface area contributed by atoms with Crippen molar-refractivity contribution in [2.75, 3.05) is 28.3 Å². The Morgan fingerprint density at radius 1 is 0.913 bits per heavy atom. The number of Topliss-reactive ketones (excluding diaryl/α,β-unsaturated/α-hetero) is 1. The summed E-state index contributed by atoms with van der Waals surface area (Å²) in [5, 5.41) is 35.2. The third kappa shape index (κ3) is 12.3. The van der Waals surface area contributed by atoms with Gasteiger partial charge in [0, 0.05) is 56.4 Å². The smallest absolute Gasteiger partial charge is 0.426 e. The third-order valence-electron chi connectivity index (χ3n) is 14.9. The molecular formula is C49H79N5O15. The number of rotatable bonds is 11. The van der Waals surface area contributed by atoms with Crippen LogP contribution in [0.4, 0.5) is 4.79 Å². The summed E-state index contributed by atoms with van der Waals surface area (Å²) in [5.41, 5.74) is 1.71. The molecule has 2 amide bonds. The molecule has 0 radical (unpaired) electrons. The molecule has 0 saturated carbocycles. The summed E-state index contributed by atoms with van der Waals surface area (Å²) in [6.45, 7) is 18.7. The van der Waals surface area contributed by atoms with Gasteiger partial charge >= 0.3 is 12.1 Å². The molecule has 3 aliphatic heterocycles. The number of H-pyrrole nitrogens is 1. The lowest BCUT2D eigenvalue weighted by atomic mass is 9.74. The van der Waals surface area contributed by atoms with E-state index in [9.17, 15) is 34.5 Å². The number of hydrazine groups is 1. The van der Waals surface area contributed by atoms with Crippen LogP contribution in [0.3, 0.4) is 0 Å². The van der Waals surface area contributed by atoms with Crippen molar-refractivity contribution in [1.82, 2.24) is 25.7 Å². The van der Waals surface area contributed by atoms with Crippen LogP contribution in [0, 0.1) is 23.7 Å². The van der Waals surface area contributed by atoms with Gasteiger partial charge in [0.25, 0.3) is 5.91 Å². The van der Waals surface area contributed by atoms with E-state index in [0.717, 1.165) is 5.82 Å². The third-order valence-corrected chi connectivity index (χ3v) is 14.9. The number of aromatic amines is 1. The molecule has 6 N–H and O–H groups in total. The molecule has 0 unspecified atom stereocenters. The summed E-state index contributed by atoms with van der Waals surface area (Å²) >= 11 is 0. The Labute approximate surface area is 406 Å². The molecule has 5 rings (SSSR count). The zero-order valence-corrected chi connectivity index (χ0v) is 43.1. The summed E-state index contributed by atoms with van der Waals surface area (Å²) in [4.78, 5) is 64.6. The maximum atomic E-state index is 14.5. The van der Waals surface area contributed by atoms with Crippen molar-refractivity contribution in [2.45, 2.75) is 193 Å². The van der Waals surface area contributed by atoms with Crippen molar-refractivity contribution < 1.29 is 72.4 Å². The molecule has 4 heterocycles. The van der Waals surface area contributed by atoms with Gasteiger partial charge in [0.1, 0.15) is 35.0 Å². The molecule has 3 saturated heterocycles. The fourth-order valence-corrected chi connectivity index (χ4v) is 10.5. The molecule has 2 aromatic rings.